The van der Waals surface area contributed by atoms with Crippen LogP contribution in [0.5, 0.6) is 0 Å². The average molecular weight is 452 g/mol. The molecule has 3 amide bonds. The zero-order valence-corrected chi connectivity index (χ0v) is 19.0. The molecule has 0 aromatic heterocycles. The van der Waals surface area contributed by atoms with E-state index in [0.717, 1.165) is 30.5 Å². The standard InChI is InChI=1S/C25H30FN5O2/c1-27-23(19-8-10-20(26)11-9-19)12-13-24(32)28-16-18-5-3-6-21(15-18)30-25(33)29-17-22-7-4-14-31(22)2/h3,5-6,8-13,15,22H,4,7,14,16-17H2,1-2H3,(H,28,32)(H2,29,30,33)/b13-12-,27-23?. The van der Waals surface area contributed by atoms with E-state index in [9.17, 15) is 14.0 Å². The maximum atomic E-state index is 13.1. The van der Waals surface area contributed by atoms with Crippen LogP contribution in [0.4, 0.5) is 14.9 Å². The Morgan fingerprint density at radius 2 is 1.94 bits per heavy atom. The maximum absolute atomic E-state index is 13.1. The van der Waals surface area contributed by atoms with E-state index < -0.39 is 0 Å². The molecule has 0 radical (unpaired) electrons. The van der Waals surface area contributed by atoms with Crippen molar-refractivity contribution in [3.63, 3.8) is 0 Å². The Hall–Kier alpha value is -3.52. The molecule has 2 aromatic rings. The molecule has 0 spiro atoms. The third-order valence-corrected chi connectivity index (χ3v) is 5.59. The Morgan fingerprint density at radius 3 is 2.64 bits per heavy atom. The number of nitrogens with zero attached hydrogens (tertiary/aromatic N) is 2. The molecular formula is C25H30FN5O2. The van der Waals surface area contributed by atoms with Gasteiger partial charge in [0.05, 0.1) is 5.71 Å². The topological polar surface area (TPSA) is 85.8 Å². The second-order valence-electron chi connectivity index (χ2n) is 7.98. The summed E-state index contributed by atoms with van der Waals surface area (Å²) >= 11 is 0. The molecule has 0 bridgehead atoms. The predicted molar refractivity (Wildman–Crippen MR) is 129 cm³/mol. The SMILES string of the molecule is CN=C(/C=C\C(=O)NCc1cccc(NC(=O)NCC2CCCN2C)c1)c1ccc(F)cc1. The number of hydrogen-bond donors (Lipinski definition) is 3. The first-order chi connectivity index (χ1) is 15.9. The van der Waals surface area contributed by atoms with Crippen molar-refractivity contribution in [2.24, 2.45) is 4.99 Å². The van der Waals surface area contributed by atoms with Gasteiger partial charge >= 0.3 is 6.03 Å². The molecule has 1 aliphatic heterocycles. The summed E-state index contributed by atoms with van der Waals surface area (Å²) in [7, 11) is 3.68. The zero-order chi connectivity index (χ0) is 23.6. The molecule has 1 heterocycles. The van der Waals surface area contributed by atoms with Gasteiger partial charge in [0.25, 0.3) is 0 Å². The van der Waals surface area contributed by atoms with Gasteiger partial charge in [0.2, 0.25) is 5.91 Å². The smallest absolute Gasteiger partial charge is 0.319 e. The first-order valence-electron chi connectivity index (χ1n) is 11.0. The van der Waals surface area contributed by atoms with Crippen LogP contribution in [0.1, 0.15) is 24.0 Å². The highest BCUT2D eigenvalue weighted by Gasteiger charge is 2.21. The number of rotatable bonds is 8. The lowest BCUT2D eigenvalue weighted by molar-refractivity contribution is -0.116. The number of benzene rings is 2. The lowest BCUT2D eigenvalue weighted by atomic mass is 10.1. The number of hydrogen-bond acceptors (Lipinski definition) is 4. The van der Waals surface area contributed by atoms with Crippen molar-refractivity contribution in [3.8, 4) is 0 Å². The number of carbonyl (C=O) groups excluding carboxylic acids is 2. The van der Waals surface area contributed by atoms with Crippen LogP contribution in [0.3, 0.4) is 0 Å². The number of amides is 3. The van der Waals surface area contributed by atoms with Gasteiger partial charge in [0.15, 0.2) is 0 Å². The van der Waals surface area contributed by atoms with Crippen LogP contribution in [0.15, 0.2) is 65.7 Å². The highest BCUT2D eigenvalue weighted by molar-refractivity contribution is 6.11. The van der Waals surface area contributed by atoms with Crippen molar-refractivity contribution >= 4 is 23.3 Å². The van der Waals surface area contributed by atoms with Crippen molar-refractivity contribution < 1.29 is 14.0 Å². The Bertz CT molecular complexity index is 1020. The highest BCUT2D eigenvalue weighted by atomic mass is 19.1. The van der Waals surface area contributed by atoms with E-state index in [-0.39, 0.29) is 17.8 Å². The van der Waals surface area contributed by atoms with Crippen molar-refractivity contribution in [3.05, 3.63) is 77.6 Å². The first kappa shape index (κ1) is 24.1. The number of carbonyl (C=O) groups is 2. The van der Waals surface area contributed by atoms with Crippen molar-refractivity contribution in [1.82, 2.24) is 15.5 Å². The molecule has 3 N–H and O–H groups in total. The van der Waals surface area contributed by atoms with E-state index in [1.54, 1.807) is 31.3 Å². The minimum Gasteiger partial charge on any atom is -0.348 e. The van der Waals surface area contributed by atoms with E-state index >= 15 is 0 Å². The first-order valence-corrected chi connectivity index (χ1v) is 11.0. The summed E-state index contributed by atoms with van der Waals surface area (Å²) in [5.74, 6) is -0.610. The molecule has 1 aliphatic rings. The van der Waals surface area contributed by atoms with Crippen LogP contribution in [-0.2, 0) is 11.3 Å². The summed E-state index contributed by atoms with van der Waals surface area (Å²) in [4.78, 5) is 30.8. The van der Waals surface area contributed by atoms with Gasteiger partial charge in [-0.3, -0.25) is 9.79 Å². The third-order valence-electron chi connectivity index (χ3n) is 5.59. The minimum absolute atomic E-state index is 0.244. The van der Waals surface area contributed by atoms with Crippen LogP contribution in [0, 0.1) is 5.82 Å². The number of nitrogens with one attached hydrogen (secondary N) is 3. The summed E-state index contributed by atoms with van der Waals surface area (Å²) in [6.07, 6.45) is 5.23. The van der Waals surface area contributed by atoms with Crippen molar-refractivity contribution in [2.45, 2.75) is 25.4 Å². The van der Waals surface area contributed by atoms with Gasteiger partial charge in [-0.15, -0.1) is 0 Å². The van der Waals surface area contributed by atoms with Gasteiger partial charge in [-0.25, -0.2) is 9.18 Å². The monoisotopic (exact) mass is 451 g/mol. The van der Waals surface area contributed by atoms with Gasteiger partial charge < -0.3 is 20.9 Å². The number of anilines is 1. The molecule has 3 rings (SSSR count). The average Bonchev–Trinajstić information content (AvgIpc) is 3.22. The molecule has 0 aliphatic carbocycles. The van der Waals surface area contributed by atoms with E-state index in [1.165, 1.54) is 18.2 Å². The minimum atomic E-state index is -0.327. The van der Waals surface area contributed by atoms with Crippen molar-refractivity contribution in [1.29, 1.82) is 0 Å². The Labute approximate surface area is 193 Å². The molecule has 1 saturated heterocycles. The van der Waals surface area contributed by atoms with Gasteiger partial charge in [0.1, 0.15) is 5.82 Å². The predicted octanol–water partition coefficient (Wildman–Crippen LogP) is 3.33. The molecule has 1 fully saturated rings. The second kappa shape index (κ2) is 11.9. The number of likely N-dealkylation sites (tertiary alicyclic amines) is 1. The molecule has 2 aromatic carbocycles. The van der Waals surface area contributed by atoms with Gasteiger partial charge in [-0.1, -0.05) is 12.1 Å². The van der Waals surface area contributed by atoms with Gasteiger partial charge in [-0.2, -0.15) is 0 Å². The molecule has 7 nitrogen and oxygen atoms in total. The van der Waals surface area contributed by atoms with Crippen LogP contribution in [-0.4, -0.2) is 55.8 Å². The maximum Gasteiger partial charge on any atom is 0.319 e. The molecule has 1 atom stereocenters. The van der Waals surface area contributed by atoms with Crippen LogP contribution >= 0.6 is 0 Å². The summed E-state index contributed by atoms with van der Waals surface area (Å²) in [5, 5.41) is 8.57. The molecule has 8 heteroatoms. The van der Waals surface area contributed by atoms with E-state index in [4.69, 9.17) is 0 Å². The fraction of sp³-hybridized carbons (Fsp3) is 0.320. The van der Waals surface area contributed by atoms with Crippen molar-refractivity contribution in [2.75, 3.05) is 32.5 Å². The fourth-order valence-corrected chi connectivity index (χ4v) is 3.71. The number of allylic oxidation sites excluding steroid dienone is 1. The third kappa shape index (κ3) is 7.54. The number of urea groups is 1. The summed E-state index contributed by atoms with van der Waals surface area (Å²) in [5.41, 5.74) is 2.81. The summed E-state index contributed by atoms with van der Waals surface area (Å²) in [6, 6.07) is 13.4. The van der Waals surface area contributed by atoms with Crippen LogP contribution in [0.25, 0.3) is 0 Å². The summed E-state index contributed by atoms with van der Waals surface area (Å²) in [6.45, 7) is 1.99. The summed E-state index contributed by atoms with van der Waals surface area (Å²) < 4.78 is 13.1. The highest BCUT2D eigenvalue weighted by Crippen LogP contribution is 2.14. The molecule has 33 heavy (non-hydrogen) atoms. The van der Waals surface area contributed by atoms with Crippen LogP contribution in [0.2, 0.25) is 0 Å². The Kier molecular flexibility index (Phi) is 8.71. The molecule has 1 unspecified atom stereocenters. The number of halogens is 1. The lowest BCUT2D eigenvalue weighted by Gasteiger charge is -2.19. The quantitative estimate of drug-likeness (QED) is 0.425. The normalized spacial score (nSPS) is 16.7. The Morgan fingerprint density at radius 1 is 1.15 bits per heavy atom. The van der Waals surface area contributed by atoms with Gasteiger partial charge in [-0.05, 0) is 80.0 Å². The molecular weight excluding hydrogens is 421 g/mol. The molecule has 0 saturated carbocycles. The van der Waals surface area contributed by atoms with E-state index in [1.807, 2.05) is 18.2 Å². The van der Waals surface area contributed by atoms with Gasteiger partial charge in [0, 0.05) is 37.9 Å². The lowest BCUT2D eigenvalue weighted by Crippen LogP contribution is -2.40. The number of likely N-dealkylation sites (N-methyl/N-ethyl adjacent to an activating group) is 1. The number of aliphatic imine (C=N–C) groups is 1. The Balaban J connectivity index is 1.47. The molecule has 174 valence electrons. The zero-order valence-electron chi connectivity index (χ0n) is 19.0. The van der Waals surface area contributed by atoms with E-state index in [0.29, 0.717) is 30.5 Å². The van der Waals surface area contributed by atoms with E-state index in [2.05, 4.69) is 32.9 Å². The fourth-order valence-electron chi connectivity index (χ4n) is 3.71. The second-order valence-corrected chi connectivity index (χ2v) is 7.98. The van der Waals surface area contributed by atoms with Crippen LogP contribution < -0.4 is 16.0 Å². The largest absolute Gasteiger partial charge is 0.348 e.